The molecule has 0 saturated heterocycles. The van der Waals surface area contributed by atoms with Crippen LogP contribution in [0.15, 0.2) is 0 Å². The first kappa shape index (κ1) is 13.7. The summed E-state index contributed by atoms with van der Waals surface area (Å²) in [5.74, 6) is 0. The van der Waals surface area contributed by atoms with Gasteiger partial charge in [-0.05, 0) is 18.1 Å². The Bertz CT molecular complexity index is 147. The molecule has 0 aromatic heterocycles. The molecule has 13 heavy (non-hydrogen) atoms. The molecule has 0 N–H and O–H groups in total. The summed E-state index contributed by atoms with van der Waals surface area (Å²) < 4.78 is 6.38. The largest absolute Gasteiger partial charge is 0.545 e. The van der Waals surface area contributed by atoms with Gasteiger partial charge in [0.1, 0.15) is 0 Å². The van der Waals surface area contributed by atoms with Crippen molar-refractivity contribution < 1.29 is 3.48 Å². The van der Waals surface area contributed by atoms with Gasteiger partial charge in [0.15, 0.2) is 8.32 Å². The Balaban J connectivity index is 4.31. The summed E-state index contributed by atoms with van der Waals surface area (Å²) in [5.41, 5.74) is 0. The summed E-state index contributed by atoms with van der Waals surface area (Å²) >= 11 is -0.855. The van der Waals surface area contributed by atoms with Crippen molar-refractivity contribution in [1.82, 2.24) is 0 Å². The average molecular weight is 216 g/mol. The van der Waals surface area contributed by atoms with Gasteiger partial charge >= 0.3 is 14.5 Å². The van der Waals surface area contributed by atoms with Gasteiger partial charge in [-0.3, -0.25) is 0 Å². The fraction of sp³-hybridized carbons (Fsp3) is 1.00. The zero-order chi connectivity index (χ0) is 10.7. The van der Waals surface area contributed by atoms with Gasteiger partial charge in [-0.2, -0.15) is 0 Å². The highest BCUT2D eigenvalue weighted by atomic mass is 28.4. The van der Waals surface area contributed by atoms with Crippen LogP contribution in [0.4, 0.5) is 0 Å². The fourth-order valence-electron chi connectivity index (χ4n) is 1.05. The van der Waals surface area contributed by atoms with Crippen molar-refractivity contribution >= 4 is 22.8 Å². The van der Waals surface area contributed by atoms with Crippen molar-refractivity contribution in [2.75, 3.05) is 0 Å². The molecule has 1 nitrogen and oxygen atoms in total. The summed E-state index contributed by atoms with van der Waals surface area (Å²) in [4.78, 5) is 0. The summed E-state index contributed by atoms with van der Waals surface area (Å²) in [6.45, 7) is 16.2. The summed E-state index contributed by atoms with van der Waals surface area (Å²) in [5, 5.41) is 2.94. The van der Waals surface area contributed by atoms with Crippen LogP contribution in [0.5, 0.6) is 0 Å². The molecule has 0 atom stereocenters. The smallest absolute Gasteiger partial charge is 0.449 e. The van der Waals surface area contributed by atoms with Crippen molar-refractivity contribution in [3.05, 3.63) is 0 Å². The van der Waals surface area contributed by atoms with Crippen LogP contribution in [0.25, 0.3) is 0 Å². The minimum atomic E-state index is -1.45. The third kappa shape index (κ3) is 4.16. The Hall–Kier alpha value is 0.709. The molecule has 78 valence electrons. The summed E-state index contributed by atoms with van der Waals surface area (Å²) in [6.07, 6.45) is 0. The van der Waals surface area contributed by atoms with E-state index in [4.69, 9.17) is 3.48 Å². The van der Waals surface area contributed by atoms with E-state index in [0.717, 1.165) is 0 Å². The van der Waals surface area contributed by atoms with Gasteiger partial charge in [-0.25, -0.2) is 0 Å². The third-order valence-corrected chi connectivity index (χ3v) is 12.3. The Morgan fingerprint density at radius 1 is 1.08 bits per heavy atom. The number of rotatable bonds is 4. The molecule has 0 spiro atoms. The molecule has 0 fully saturated rings. The lowest BCUT2D eigenvalue weighted by atomic mass is 10.2. The van der Waals surface area contributed by atoms with Crippen LogP contribution in [-0.2, 0) is 3.48 Å². The lowest BCUT2D eigenvalue weighted by molar-refractivity contribution is 0.498. The first-order valence-electron chi connectivity index (χ1n) is 5.42. The zero-order valence-electron chi connectivity index (χ0n) is 10.4. The monoisotopic (exact) mass is 216 g/mol. The maximum Gasteiger partial charge on any atom is 0.449 e. The predicted molar refractivity (Wildman–Crippen MR) is 65.0 cm³/mol. The molecule has 0 aromatic rings. The molecule has 0 aliphatic heterocycles. The standard InChI is InChI=1S/C6H15OSi.2C2H5.Al/c1-6(2,3)8(4,5)7;2*1-2;/h1-5H3;2*1H2,2H3;/q-1;;;+1. The van der Waals surface area contributed by atoms with Gasteiger partial charge < -0.3 is 3.48 Å². The van der Waals surface area contributed by atoms with Gasteiger partial charge in [0.2, 0.25) is 0 Å². The highest BCUT2D eigenvalue weighted by molar-refractivity contribution is 6.80. The Morgan fingerprint density at radius 2 is 1.46 bits per heavy atom. The second-order valence-electron chi connectivity index (χ2n) is 5.32. The first-order valence-corrected chi connectivity index (χ1v) is 10.4. The second-order valence-corrected chi connectivity index (χ2v) is 13.7. The maximum atomic E-state index is 6.38. The number of hydrogen-bond acceptors (Lipinski definition) is 1. The Labute approximate surface area is 89.7 Å². The van der Waals surface area contributed by atoms with E-state index in [0.29, 0.717) is 5.04 Å². The van der Waals surface area contributed by atoms with Crippen molar-refractivity contribution in [2.24, 2.45) is 0 Å². The van der Waals surface area contributed by atoms with Crippen molar-refractivity contribution in [3.8, 4) is 0 Å². The molecule has 0 aliphatic rings. The van der Waals surface area contributed by atoms with E-state index in [1.54, 1.807) is 0 Å². The van der Waals surface area contributed by atoms with Crippen LogP contribution in [0.3, 0.4) is 0 Å². The van der Waals surface area contributed by atoms with Crippen LogP contribution in [0.1, 0.15) is 34.6 Å². The van der Waals surface area contributed by atoms with Crippen molar-refractivity contribution in [1.29, 1.82) is 0 Å². The SMILES string of the molecule is C[CH2][Al]([CH2]C)[O][Si](C)(C)C(C)(C)C. The fourth-order valence-corrected chi connectivity index (χ4v) is 7.71. The summed E-state index contributed by atoms with van der Waals surface area (Å²) in [7, 11) is -1.45. The van der Waals surface area contributed by atoms with E-state index >= 15 is 0 Å². The van der Waals surface area contributed by atoms with E-state index in [9.17, 15) is 0 Å². The normalized spacial score (nSPS) is 13.2. The minimum absolute atomic E-state index is 0.378. The average Bonchev–Trinajstić information content (AvgIpc) is 1.98. The van der Waals surface area contributed by atoms with Gasteiger partial charge in [0.05, 0.1) is 0 Å². The highest BCUT2D eigenvalue weighted by Gasteiger charge is 2.38. The Morgan fingerprint density at radius 3 is 1.69 bits per heavy atom. The molecule has 0 rings (SSSR count). The third-order valence-electron chi connectivity index (χ3n) is 3.18. The van der Waals surface area contributed by atoms with Gasteiger partial charge in [0, 0.05) is 0 Å². The molecule has 0 aromatic carbocycles. The van der Waals surface area contributed by atoms with Crippen LogP contribution < -0.4 is 0 Å². The van der Waals surface area contributed by atoms with Gasteiger partial charge in [0.25, 0.3) is 0 Å². The molecule has 0 amide bonds. The van der Waals surface area contributed by atoms with E-state index in [2.05, 4.69) is 47.7 Å². The predicted octanol–water partition coefficient (Wildman–Crippen LogP) is 4.04. The lowest BCUT2D eigenvalue weighted by Crippen LogP contribution is -2.45. The van der Waals surface area contributed by atoms with E-state index in [-0.39, 0.29) is 0 Å². The minimum Gasteiger partial charge on any atom is -0.545 e. The van der Waals surface area contributed by atoms with E-state index in [1.807, 2.05) is 0 Å². The molecular weight excluding hydrogens is 191 g/mol. The van der Waals surface area contributed by atoms with Crippen LogP contribution in [0.2, 0.25) is 28.7 Å². The molecule has 0 unspecified atom stereocenters. The zero-order valence-corrected chi connectivity index (χ0v) is 12.6. The van der Waals surface area contributed by atoms with Gasteiger partial charge in [-0.15, -0.1) is 0 Å². The summed E-state index contributed by atoms with van der Waals surface area (Å²) in [6, 6.07) is 0. The molecule has 0 saturated carbocycles. The molecule has 0 bridgehead atoms. The Kier molecular flexibility index (Phi) is 5.25. The second kappa shape index (κ2) is 4.98. The molecule has 3 heteroatoms. The van der Waals surface area contributed by atoms with E-state index < -0.39 is 22.8 Å². The van der Waals surface area contributed by atoms with Crippen molar-refractivity contribution in [3.63, 3.8) is 0 Å². The molecular formula is C10H25AlOSi. The lowest BCUT2D eigenvalue weighted by Gasteiger charge is -2.39. The first-order chi connectivity index (χ1) is 5.74. The van der Waals surface area contributed by atoms with Crippen molar-refractivity contribution in [2.45, 2.75) is 63.3 Å². The highest BCUT2D eigenvalue weighted by Crippen LogP contribution is 2.37. The van der Waals surface area contributed by atoms with E-state index in [1.165, 1.54) is 10.6 Å². The molecule has 0 radical (unpaired) electrons. The maximum absolute atomic E-state index is 6.38. The van der Waals surface area contributed by atoms with Gasteiger partial charge in [-0.1, -0.05) is 45.2 Å². The molecule has 0 aliphatic carbocycles. The van der Waals surface area contributed by atoms with Crippen LogP contribution in [0, 0.1) is 0 Å². The topological polar surface area (TPSA) is 9.23 Å². The van der Waals surface area contributed by atoms with Crippen LogP contribution >= 0.6 is 0 Å². The quantitative estimate of drug-likeness (QED) is 0.644. The molecule has 0 heterocycles. The van der Waals surface area contributed by atoms with Crippen LogP contribution in [-0.4, -0.2) is 22.8 Å². The number of hydrogen-bond donors (Lipinski definition) is 0.